The summed E-state index contributed by atoms with van der Waals surface area (Å²) in [7, 11) is 0. The molecule has 2 heteroatoms. The molecule has 2 aromatic carbocycles. The Balaban J connectivity index is 1.92. The first-order valence-corrected chi connectivity index (χ1v) is 7.96. The molecule has 2 nitrogen and oxygen atoms in total. The van der Waals surface area contributed by atoms with Crippen LogP contribution >= 0.6 is 0 Å². The summed E-state index contributed by atoms with van der Waals surface area (Å²) in [5.41, 5.74) is 4.06. The fourth-order valence-electron chi connectivity index (χ4n) is 3.22. The van der Waals surface area contributed by atoms with Crippen molar-refractivity contribution < 1.29 is 0 Å². The minimum Gasteiger partial charge on any atom is -0.379 e. The van der Waals surface area contributed by atoms with Gasteiger partial charge in [0.2, 0.25) is 0 Å². The Morgan fingerprint density at radius 3 is 2.33 bits per heavy atom. The molecule has 0 radical (unpaired) electrons. The molecule has 0 aromatic heterocycles. The van der Waals surface area contributed by atoms with Crippen molar-refractivity contribution in [2.24, 2.45) is 0 Å². The number of anilines is 1. The minimum atomic E-state index is 0.232. The molecule has 0 spiro atoms. The molecular weight excluding hydrogens is 256 g/mol. The zero-order chi connectivity index (χ0) is 14.5. The Kier molecular flexibility index (Phi) is 4.26. The van der Waals surface area contributed by atoms with Gasteiger partial charge in [-0.25, -0.2) is 0 Å². The van der Waals surface area contributed by atoms with Crippen molar-refractivity contribution >= 4 is 5.69 Å². The average molecular weight is 280 g/mol. The first-order chi connectivity index (χ1) is 10.3. The number of rotatable bonds is 4. The smallest absolute Gasteiger partial charge is 0.0424 e. The molecule has 0 unspecified atom stereocenters. The van der Waals surface area contributed by atoms with Crippen molar-refractivity contribution in [1.82, 2.24) is 5.32 Å². The second kappa shape index (κ2) is 6.31. The quantitative estimate of drug-likeness (QED) is 0.872. The lowest BCUT2D eigenvalue weighted by molar-refractivity contribution is 0.329. The molecule has 0 aliphatic carbocycles. The van der Waals surface area contributed by atoms with Crippen LogP contribution in [-0.4, -0.2) is 18.6 Å². The molecule has 1 fully saturated rings. The highest BCUT2D eigenvalue weighted by Gasteiger charge is 2.30. The molecule has 0 bridgehead atoms. The summed E-state index contributed by atoms with van der Waals surface area (Å²) in [4.78, 5) is 0. The number of para-hydroxylation sites is 1. The van der Waals surface area contributed by atoms with Gasteiger partial charge < -0.3 is 10.6 Å². The molecule has 1 heterocycles. The maximum absolute atomic E-state index is 3.87. The van der Waals surface area contributed by atoms with E-state index >= 15 is 0 Å². The molecule has 110 valence electrons. The molecule has 2 aromatic rings. The molecule has 0 atom stereocenters. The van der Waals surface area contributed by atoms with Crippen LogP contribution in [0.2, 0.25) is 0 Å². The highest BCUT2D eigenvalue weighted by Crippen LogP contribution is 2.33. The number of hydrogen-bond acceptors (Lipinski definition) is 2. The first kappa shape index (κ1) is 14.2. The fraction of sp³-hybridized carbons (Fsp3) is 0.368. The molecule has 1 aliphatic rings. The van der Waals surface area contributed by atoms with Gasteiger partial charge in [0, 0.05) is 16.8 Å². The molecule has 2 N–H and O–H groups in total. The van der Waals surface area contributed by atoms with Crippen LogP contribution in [0.1, 0.15) is 26.2 Å². The van der Waals surface area contributed by atoms with Gasteiger partial charge in [-0.3, -0.25) is 0 Å². The monoisotopic (exact) mass is 280 g/mol. The van der Waals surface area contributed by atoms with Crippen LogP contribution in [0.5, 0.6) is 0 Å². The fourth-order valence-corrected chi connectivity index (χ4v) is 3.22. The molecule has 1 aliphatic heterocycles. The van der Waals surface area contributed by atoms with Gasteiger partial charge in [0.25, 0.3) is 0 Å². The van der Waals surface area contributed by atoms with E-state index in [1.807, 2.05) is 0 Å². The standard InChI is InChI=1S/C19H24N2/c1-2-19(12-14-20-15-13-19)21-18-11-7-6-10-17(18)16-8-4-3-5-9-16/h3-11,20-21H,2,12-15H2,1H3. The molecule has 21 heavy (non-hydrogen) atoms. The summed E-state index contributed by atoms with van der Waals surface area (Å²) in [6.45, 7) is 4.51. The number of hydrogen-bond donors (Lipinski definition) is 2. The van der Waals surface area contributed by atoms with E-state index in [1.165, 1.54) is 29.7 Å². The van der Waals surface area contributed by atoms with Crippen molar-refractivity contribution in [3.63, 3.8) is 0 Å². The highest BCUT2D eigenvalue weighted by atomic mass is 15.0. The minimum absolute atomic E-state index is 0.232. The van der Waals surface area contributed by atoms with Crippen LogP contribution in [0.15, 0.2) is 54.6 Å². The summed E-state index contributed by atoms with van der Waals surface area (Å²) in [6, 6.07) is 19.3. The van der Waals surface area contributed by atoms with Gasteiger partial charge in [0.1, 0.15) is 0 Å². The maximum atomic E-state index is 3.87. The van der Waals surface area contributed by atoms with Gasteiger partial charge in [-0.05, 0) is 44.0 Å². The zero-order valence-corrected chi connectivity index (χ0v) is 12.7. The summed E-state index contributed by atoms with van der Waals surface area (Å²) < 4.78 is 0. The van der Waals surface area contributed by atoms with Crippen LogP contribution in [0.25, 0.3) is 11.1 Å². The topological polar surface area (TPSA) is 24.1 Å². The summed E-state index contributed by atoms with van der Waals surface area (Å²) in [6.07, 6.45) is 3.54. The summed E-state index contributed by atoms with van der Waals surface area (Å²) >= 11 is 0. The van der Waals surface area contributed by atoms with E-state index in [-0.39, 0.29) is 5.54 Å². The molecule has 0 saturated carbocycles. The van der Waals surface area contributed by atoms with Crippen LogP contribution in [0.4, 0.5) is 5.69 Å². The molecular formula is C19H24N2. The van der Waals surface area contributed by atoms with E-state index in [0.29, 0.717) is 0 Å². The van der Waals surface area contributed by atoms with E-state index in [1.54, 1.807) is 0 Å². The summed E-state index contributed by atoms with van der Waals surface area (Å²) in [5, 5.41) is 7.34. The predicted molar refractivity (Wildman–Crippen MR) is 90.6 cm³/mol. The van der Waals surface area contributed by atoms with Crippen molar-refractivity contribution in [2.75, 3.05) is 18.4 Å². The van der Waals surface area contributed by atoms with Crippen LogP contribution in [-0.2, 0) is 0 Å². The molecule has 1 saturated heterocycles. The Hall–Kier alpha value is -1.80. The van der Waals surface area contributed by atoms with Crippen LogP contribution in [0.3, 0.4) is 0 Å². The van der Waals surface area contributed by atoms with Crippen LogP contribution < -0.4 is 10.6 Å². The second-order valence-electron chi connectivity index (χ2n) is 5.92. The van der Waals surface area contributed by atoms with Gasteiger partial charge >= 0.3 is 0 Å². The Morgan fingerprint density at radius 2 is 1.62 bits per heavy atom. The van der Waals surface area contributed by atoms with Gasteiger partial charge in [0.15, 0.2) is 0 Å². The van der Waals surface area contributed by atoms with Gasteiger partial charge in [-0.15, -0.1) is 0 Å². The van der Waals surface area contributed by atoms with Gasteiger partial charge in [0.05, 0.1) is 0 Å². The molecule has 3 rings (SSSR count). The zero-order valence-electron chi connectivity index (χ0n) is 12.7. The van der Waals surface area contributed by atoms with E-state index in [4.69, 9.17) is 0 Å². The molecule has 0 amide bonds. The van der Waals surface area contributed by atoms with E-state index < -0.39 is 0 Å². The second-order valence-corrected chi connectivity index (χ2v) is 5.92. The largest absolute Gasteiger partial charge is 0.379 e. The SMILES string of the molecule is CCC1(Nc2ccccc2-c2ccccc2)CCNCC1. The van der Waals surface area contributed by atoms with Crippen molar-refractivity contribution in [1.29, 1.82) is 0 Å². The van der Waals surface area contributed by atoms with Crippen molar-refractivity contribution in [2.45, 2.75) is 31.7 Å². The lowest BCUT2D eigenvalue weighted by Gasteiger charge is -2.39. The van der Waals surface area contributed by atoms with E-state index in [9.17, 15) is 0 Å². The van der Waals surface area contributed by atoms with E-state index in [2.05, 4.69) is 72.2 Å². The Bertz CT molecular complexity index is 571. The van der Waals surface area contributed by atoms with Gasteiger partial charge in [-0.1, -0.05) is 55.5 Å². The van der Waals surface area contributed by atoms with Crippen LogP contribution in [0, 0.1) is 0 Å². The average Bonchev–Trinajstić information content (AvgIpc) is 2.57. The maximum Gasteiger partial charge on any atom is 0.0424 e. The van der Waals surface area contributed by atoms with Crippen molar-refractivity contribution in [3.8, 4) is 11.1 Å². The Morgan fingerprint density at radius 1 is 0.952 bits per heavy atom. The Labute approximate surface area is 127 Å². The normalized spacial score (nSPS) is 17.4. The number of nitrogens with one attached hydrogen (secondary N) is 2. The lowest BCUT2D eigenvalue weighted by Crippen LogP contribution is -2.47. The first-order valence-electron chi connectivity index (χ1n) is 7.96. The van der Waals surface area contributed by atoms with E-state index in [0.717, 1.165) is 19.5 Å². The third-order valence-corrected chi connectivity index (χ3v) is 4.65. The summed E-state index contributed by atoms with van der Waals surface area (Å²) in [5.74, 6) is 0. The third kappa shape index (κ3) is 3.11. The predicted octanol–water partition coefficient (Wildman–Crippen LogP) is 4.30. The highest BCUT2D eigenvalue weighted by molar-refractivity contribution is 5.78. The lowest BCUT2D eigenvalue weighted by atomic mass is 9.85. The number of piperidine rings is 1. The third-order valence-electron chi connectivity index (χ3n) is 4.65. The number of benzene rings is 2. The van der Waals surface area contributed by atoms with Gasteiger partial charge in [-0.2, -0.15) is 0 Å². The van der Waals surface area contributed by atoms with Crippen molar-refractivity contribution in [3.05, 3.63) is 54.6 Å².